The van der Waals surface area contributed by atoms with Crippen LogP contribution in [-0.2, 0) is 0 Å². The lowest BCUT2D eigenvalue weighted by Gasteiger charge is -2.02. The third kappa shape index (κ3) is 2.34. The monoisotopic (exact) mass is 178 g/mol. The number of hydrogen-bond acceptors (Lipinski definition) is 3. The number of hydrogen-bond donors (Lipinski definition) is 1. The Morgan fingerprint density at radius 1 is 1.69 bits per heavy atom. The maximum atomic E-state index is 11.3. The molecular weight excluding hydrogens is 168 g/mol. The quantitative estimate of drug-likeness (QED) is 0.740. The summed E-state index contributed by atoms with van der Waals surface area (Å²) < 4.78 is 5.07. The van der Waals surface area contributed by atoms with Gasteiger partial charge in [-0.3, -0.25) is 4.79 Å². The van der Waals surface area contributed by atoms with Gasteiger partial charge in [0.1, 0.15) is 11.8 Å². The van der Waals surface area contributed by atoms with E-state index < -0.39 is 6.04 Å². The zero-order valence-corrected chi connectivity index (χ0v) is 7.50. The van der Waals surface area contributed by atoms with Gasteiger partial charge in [0.25, 0.3) is 5.91 Å². The third-order valence-corrected chi connectivity index (χ3v) is 1.51. The molecule has 0 aromatic carbocycles. The van der Waals surface area contributed by atoms with Crippen LogP contribution in [-0.4, -0.2) is 11.9 Å². The maximum absolute atomic E-state index is 11.3. The molecule has 0 aliphatic rings. The molecule has 0 radical (unpaired) electrons. The molecule has 4 nitrogen and oxygen atoms in total. The smallest absolute Gasteiger partial charge is 0.288 e. The topological polar surface area (TPSA) is 66.0 Å². The van der Waals surface area contributed by atoms with E-state index >= 15 is 0 Å². The highest BCUT2D eigenvalue weighted by Gasteiger charge is 2.11. The number of amides is 1. The van der Waals surface area contributed by atoms with Crippen molar-refractivity contribution in [2.75, 3.05) is 0 Å². The molecule has 0 saturated heterocycles. The molecule has 13 heavy (non-hydrogen) atoms. The van der Waals surface area contributed by atoms with Gasteiger partial charge in [0.05, 0.1) is 6.07 Å². The molecule has 1 aromatic heterocycles. The Labute approximate surface area is 76.2 Å². The van der Waals surface area contributed by atoms with E-state index in [0.29, 0.717) is 5.76 Å². The summed E-state index contributed by atoms with van der Waals surface area (Å²) in [6.07, 6.45) is 0. The van der Waals surface area contributed by atoms with Crippen molar-refractivity contribution < 1.29 is 9.21 Å². The molecule has 1 unspecified atom stereocenters. The van der Waals surface area contributed by atoms with Crippen molar-refractivity contribution in [2.24, 2.45) is 0 Å². The highest BCUT2D eigenvalue weighted by atomic mass is 16.3. The number of carbonyl (C=O) groups is 1. The number of nitrogens with zero attached hydrogens (tertiary/aromatic N) is 1. The summed E-state index contributed by atoms with van der Waals surface area (Å²) in [5.41, 5.74) is 0. The van der Waals surface area contributed by atoms with E-state index in [1.807, 2.05) is 6.07 Å². The van der Waals surface area contributed by atoms with Gasteiger partial charge in [-0.05, 0) is 26.0 Å². The first kappa shape index (κ1) is 9.33. The highest BCUT2D eigenvalue weighted by molar-refractivity contribution is 5.91. The second-order valence-electron chi connectivity index (χ2n) is 2.73. The van der Waals surface area contributed by atoms with Crippen LogP contribution < -0.4 is 5.32 Å². The molecular formula is C9H10N2O2. The molecule has 0 saturated carbocycles. The van der Waals surface area contributed by atoms with Gasteiger partial charge in [0, 0.05) is 0 Å². The van der Waals surface area contributed by atoms with Crippen molar-refractivity contribution in [3.05, 3.63) is 23.7 Å². The Morgan fingerprint density at radius 3 is 2.85 bits per heavy atom. The zero-order valence-electron chi connectivity index (χ0n) is 7.50. The average Bonchev–Trinajstić information content (AvgIpc) is 2.51. The summed E-state index contributed by atoms with van der Waals surface area (Å²) in [4.78, 5) is 11.3. The lowest BCUT2D eigenvalue weighted by Crippen LogP contribution is -2.30. The first-order valence-electron chi connectivity index (χ1n) is 3.90. The predicted molar refractivity (Wildman–Crippen MR) is 46.0 cm³/mol. The minimum atomic E-state index is -0.502. The zero-order chi connectivity index (χ0) is 9.84. The number of aryl methyl sites for hydroxylation is 1. The first-order valence-corrected chi connectivity index (χ1v) is 3.90. The minimum Gasteiger partial charge on any atom is -0.456 e. The second kappa shape index (κ2) is 3.76. The van der Waals surface area contributed by atoms with Crippen LogP contribution in [0.25, 0.3) is 0 Å². The fraction of sp³-hybridized carbons (Fsp3) is 0.333. The van der Waals surface area contributed by atoms with Crippen molar-refractivity contribution in [2.45, 2.75) is 19.9 Å². The Morgan fingerprint density at radius 2 is 2.38 bits per heavy atom. The Balaban J connectivity index is 2.65. The maximum Gasteiger partial charge on any atom is 0.288 e. The molecule has 68 valence electrons. The Bertz CT molecular complexity index is 349. The molecule has 1 heterocycles. The van der Waals surface area contributed by atoms with E-state index in [-0.39, 0.29) is 11.7 Å². The second-order valence-corrected chi connectivity index (χ2v) is 2.73. The number of rotatable bonds is 2. The van der Waals surface area contributed by atoms with Crippen LogP contribution in [0.2, 0.25) is 0 Å². The molecule has 0 aliphatic carbocycles. The molecule has 0 bridgehead atoms. The SMILES string of the molecule is Cc1ccc(C(=O)NC(C)C#N)o1. The summed E-state index contributed by atoms with van der Waals surface area (Å²) in [5.74, 6) is 0.552. The average molecular weight is 178 g/mol. The highest BCUT2D eigenvalue weighted by Crippen LogP contribution is 2.05. The van der Waals surface area contributed by atoms with Gasteiger partial charge in [0.15, 0.2) is 5.76 Å². The van der Waals surface area contributed by atoms with Gasteiger partial charge < -0.3 is 9.73 Å². The van der Waals surface area contributed by atoms with Crippen LogP contribution in [0.15, 0.2) is 16.5 Å². The normalized spacial score (nSPS) is 11.8. The van der Waals surface area contributed by atoms with Crippen LogP contribution in [0.4, 0.5) is 0 Å². The van der Waals surface area contributed by atoms with E-state index in [1.165, 1.54) is 0 Å². The first-order chi connectivity index (χ1) is 6.13. The summed E-state index contributed by atoms with van der Waals surface area (Å²) >= 11 is 0. The largest absolute Gasteiger partial charge is 0.456 e. The fourth-order valence-corrected chi connectivity index (χ4v) is 0.857. The molecule has 1 atom stereocenters. The molecule has 0 fully saturated rings. The Kier molecular flexibility index (Phi) is 2.70. The molecule has 1 rings (SSSR count). The lowest BCUT2D eigenvalue weighted by atomic mass is 10.3. The Hall–Kier alpha value is -1.76. The third-order valence-electron chi connectivity index (χ3n) is 1.51. The summed E-state index contributed by atoms with van der Waals surface area (Å²) in [6.45, 7) is 3.36. The molecule has 0 spiro atoms. The molecule has 4 heteroatoms. The van der Waals surface area contributed by atoms with Crippen molar-refractivity contribution in [3.63, 3.8) is 0 Å². The number of carbonyl (C=O) groups excluding carboxylic acids is 1. The molecule has 1 amide bonds. The predicted octanol–water partition coefficient (Wildman–Crippen LogP) is 1.23. The van der Waals surface area contributed by atoms with Gasteiger partial charge in [-0.25, -0.2) is 0 Å². The minimum absolute atomic E-state index is 0.236. The number of nitriles is 1. The van der Waals surface area contributed by atoms with Crippen LogP contribution in [0.5, 0.6) is 0 Å². The van der Waals surface area contributed by atoms with Crippen molar-refractivity contribution in [3.8, 4) is 6.07 Å². The van der Waals surface area contributed by atoms with Crippen LogP contribution >= 0.6 is 0 Å². The van der Waals surface area contributed by atoms with Crippen LogP contribution in [0, 0.1) is 18.3 Å². The van der Waals surface area contributed by atoms with Crippen molar-refractivity contribution >= 4 is 5.91 Å². The van der Waals surface area contributed by atoms with E-state index in [4.69, 9.17) is 9.68 Å². The molecule has 0 aliphatic heterocycles. The van der Waals surface area contributed by atoms with E-state index in [2.05, 4.69) is 5.32 Å². The van der Waals surface area contributed by atoms with Crippen molar-refractivity contribution in [1.29, 1.82) is 5.26 Å². The lowest BCUT2D eigenvalue weighted by molar-refractivity contribution is 0.0918. The molecule has 1 N–H and O–H groups in total. The van der Waals surface area contributed by atoms with Gasteiger partial charge in [0.2, 0.25) is 0 Å². The van der Waals surface area contributed by atoms with E-state index in [1.54, 1.807) is 26.0 Å². The summed E-state index contributed by atoms with van der Waals surface area (Å²) in [6, 6.07) is 4.68. The van der Waals surface area contributed by atoms with Gasteiger partial charge in [-0.2, -0.15) is 5.26 Å². The summed E-state index contributed by atoms with van der Waals surface area (Å²) in [7, 11) is 0. The van der Waals surface area contributed by atoms with Gasteiger partial charge in [-0.15, -0.1) is 0 Å². The van der Waals surface area contributed by atoms with E-state index in [9.17, 15) is 4.79 Å². The van der Waals surface area contributed by atoms with Gasteiger partial charge in [-0.1, -0.05) is 0 Å². The summed E-state index contributed by atoms with van der Waals surface area (Å²) in [5, 5.41) is 10.9. The fourth-order valence-electron chi connectivity index (χ4n) is 0.857. The standard InChI is InChI=1S/C9H10N2O2/c1-6(5-10)11-9(12)8-4-3-7(2)13-8/h3-4,6H,1-2H3,(H,11,12). The molecule has 1 aromatic rings. The van der Waals surface area contributed by atoms with Crippen molar-refractivity contribution in [1.82, 2.24) is 5.32 Å². The number of nitrogens with one attached hydrogen (secondary N) is 1. The van der Waals surface area contributed by atoms with Gasteiger partial charge >= 0.3 is 0 Å². The van der Waals surface area contributed by atoms with E-state index in [0.717, 1.165) is 0 Å². The number of furan rings is 1. The van der Waals surface area contributed by atoms with Crippen LogP contribution in [0.1, 0.15) is 23.2 Å². The van der Waals surface area contributed by atoms with Crippen LogP contribution in [0.3, 0.4) is 0 Å².